The Balaban J connectivity index is 0.000000192. The number of aryl methyl sites for hydroxylation is 3. The number of fused-ring (bicyclic) bond motifs is 3. The lowest BCUT2D eigenvalue weighted by Gasteiger charge is -2.39. The number of amides is 1. The van der Waals surface area contributed by atoms with E-state index in [2.05, 4.69) is 112 Å². The quantitative estimate of drug-likeness (QED) is 0.0258. The molecular weight excluding hydrogens is 1430 g/mol. The van der Waals surface area contributed by atoms with Crippen molar-refractivity contribution in [1.82, 2.24) is 69.5 Å². The molecule has 27 nitrogen and oxygen atoms in total. The number of hydrogen-bond acceptors (Lipinski definition) is 23. The number of hydrogen-bond donors (Lipinski definition) is 3. The van der Waals surface area contributed by atoms with Crippen LogP contribution >= 0.6 is 0 Å². The first-order chi connectivity index (χ1) is 53.3. The molecule has 1 aliphatic heterocycles. The lowest BCUT2D eigenvalue weighted by Crippen LogP contribution is -2.42. The van der Waals surface area contributed by atoms with Crippen LogP contribution in [0.15, 0.2) is 170 Å². The minimum absolute atomic E-state index is 0. The van der Waals surface area contributed by atoms with Gasteiger partial charge in [0, 0.05) is 176 Å². The van der Waals surface area contributed by atoms with E-state index in [4.69, 9.17) is 49.1 Å². The van der Waals surface area contributed by atoms with Crippen molar-refractivity contribution in [2.75, 3.05) is 90.1 Å². The molecule has 1 aliphatic carbocycles. The third-order valence-corrected chi connectivity index (χ3v) is 19.9. The number of piperidine rings is 1. The largest absolute Gasteiger partial charge is 0.497 e. The van der Waals surface area contributed by atoms with Crippen LogP contribution in [-0.2, 0) is 25.9 Å². The van der Waals surface area contributed by atoms with Crippen LogP contribution in [0, 0.1) is 11.8 Å². The molecule has 598 valence electrons. The molecule has 27 heteroatoms. The van der Waals surface area contributed by atoms with Gasteiger partial charge in [0.15, 0.2) is 0 Å². The number of rotatable bonds is 26. The molecule has 1 saturated carbocycles. The van der Waals surface area contributed by atoms with Crippen LogP contribution in [0.2, 0.25) is 0 Å². The number of nitrogens with one attached hydrogen (secondary N) is 1. The standard InChI is InChI=1S/C29H35N7O3.C29H36N6O2.C25H28N6O3.3CH4/c1-34-18-21(16-32-34)28-17-31-26-8-7-22(14-27(26)33-28)36(23-12-24(38-2)15-25(13-23)39-3)11-5-10-35-9-4-6-20(19-35)29(30)37;1-19(2)32-21-6-8-22(9-7-21)35(24-12-25(36-4)15-26(13-24)37-5)23-10-11-27-28(14-23)33-29(17-30-27)20-16-31-34(3)18-20;1-16(2)25(29-32)15-31(19-8-20(33-4)11-21(9-19)34-5)18-6-7-22-23(10-18)28-24(13-26-22)17-12-27-30(3)14-17;;;/h7-8,12-18,20H,4-6,9-11,19H2,1-3H3,(H2,30,37);10-19,21-22,32H,6-9H2,1-5H3;6-14,16,32H,15H2,1-5H3;3*1H4/b;;29-25+;;;. The van der Waals surface area contributed by atoms with Crippen LogP contribution in [-0.4, -0.2) is 174 Å². The second-order valence-corrected chi connectivity index (χ2v) is 28.3. The number of nitrogens with zero attached hydrogens (tertiary/aromatic N) is 17. The molecule has 6 aromatic heterocycles. The Hall–Kier alpha value is -12.0. The Kier molecular flexibility index (Phi) is 29.6. The van der Waals surface area contributed by atoms with E-state index < -0.39 is 0 Å². The van der Waals surface area contributed by atoms with Crippen molar-refractivity contribution in [2.45, 2.75) is 113 Å². The van der Waals surface area contributed by atoms with E-state index >= 15 is 0 Å². The molecule has 0 spiro atoms. The summed E-state index contributed by atoms with van der Waals surface area (Å²) >= 11 is 0. The second kappa shape index (κ2) is 39.3. The predicted octanol–water partition coefficient (Wildman–Crippen LogP) is 15.8. The molecule has 12 aromatic rings. The molecule has 1 amide bonds. The SMILES string of the molecule is C.C.C.COc1cc(OC)cc(N(C/C(=N\O)C(C)C)c2ccc3ncc(-c4cnn(C)c4)nc3c2)c1.COc1cc(OC)cc(N(CCCN2CCCC(C(N)=O)C2)c2ccc3ncc(-c4cnn(C)c4)nc3c2)c1.COc1cc(OC)cc(N(c2ccc3ncc(-c4cnn(C)c4)nc3c2)C2CCC(NC(C)C)CC2)c1. The molecule has 113 heavy (non-hydrogen) atoms. The molecule has 2 fully saturated rings. The molecule has 7 heterocycles. The van der Waals surface area contributed by atoms with Crippen molar-refractivity contribution in [3.8, 4) is 68.3 Å². The minimum Gasteiger partial charge on any atom is -0.497 e. The molecule has 1 saturated heterocycles. The van der Waals surface area contributed by atoms with Crippen molar-refractivity contribution < 1.29 is 38.4 Å². The summed E-state index contributed by atoms with van der Waals surface area (Å²) in [5.74, 6) is 4.08. The van der Waals surface area contributed by atoms with Crippen molar-refractivity contribution in [3.05, 3.63) is 165 Å². The predicted molar refractivity (Wildman–Crippen MR) is 452 cm³/mol. The number of ether oxygens (including phenoxy) is 6. The number of nitrogens with two attached hydrogens (primary N) is 1. The van der Waals surface area contributed by atoms with Gasteiger partial charge in [-0.2, -0.15) is 15.3 Å². The Morgan fingerprint density at radius 2 is 0.912 bits per heavy atom. The number of methoxy groups -OCH3 is 6. The Labute approximate surface area is 663 Å². The van der Waals surface area contributed by atoms with Crippen LogP contribution in [0.5, 0.6) is 34.5 Å². The van der Waals surface area contributed by atoms with Gasteiger partial charge in [-0.15, -0.1) is 0 Å². The maximum atomic E-state index is 11.7. The van der Waals surface area contributed by atoms with E-state index in [9.17, 15) is 10.0 Å². The lowest BCUT2D eigenvalue weighted by atomic mass is 9.89. The minimum atomic E-state index is -0.201. The number of benzene rings is 6. The van der Waals surface area contributed by atoms with Gasteiger partial charge in [-0.3, -0.25) is 33.8 Å². The van der Waals surface area contributed by atoms with E-state index in [-0.39, 0.29) is 40.0 Å². The van der Waals surface area contributed by atoms with Gasteiger partial charge < -0.3 is 64.3 Å². The number of carbonyl (C=O) groups is 1. The highest BCUT2D eigenvalue weighted by atomic mass is 16.5. The maximum Gasteiger partial charge on any atom is 0.221 e. The van der Waals surface area contributed by atoms with Crippen molar-refractivity contribution >= 4 is 78.8 Å². The van der Waals surface area contributed by atoms with Crippen LogP contribution in [0.1, 0.15) is 94.9 Å². The average molecular weight is 1540 g/mol. The van der Waals surface area contributed by atoms with Gasteiger partial charge in [-0.05, 0) is 119 Å². The highest BCUT2D eigenvalue weighted by Gasteiger charge is 2.30. The zero-order chi connectivity index (χ0) is 77.5. The molecule has 6 aromatic carbocycles. The van der Waals surface area contributed by atoms with Crippen LogP contribution in [0.3, 0.4) is 0 Å². The van der Waals surface area contributed by atoms with Crippen molar-refractivity contribution in [2.24, 2.45) is 43.9 Å². The normalized spacial score (nSPS) is 14.8. The number of anilines is 6. The summed E-state index contributed by atoms with van der Waals surface area (Å²) in [5, 5.41) is 29.7. The first kappa shape index (κ1) is 85.0. The van der Waals surface area contributed by atoms with E-state index in [1.165, 1.54) is 0 Å². The summed E-state index contributed by atoms with van der Waals surface area (Å²) in [7, 11) is 15.6. The zero-order valence-electron chi connectivity index (χ0n) is 64.9. The zero-order valence-corrected chi connectivity index (χ0v) is 64.9. The molecule has 14 rings (SSSR count). The first-order valence-corrected chi connectivity index (χ1v) is 37.1. The fraction of sp³-hybridized carbons (Fsp3) is 0.384. The van der Waals surface area contributed by atoms with Crippen LogP contribution < -0.4 is 54.2 Å². The molecule has 4 N–H and O–H groups in total. The number of carbonyl (C=O) groups excluding carboxylic acids is 1. The first-order valence-electron chi connectivity index (χ1n) is 37.1. The highest BCUT2D eigenvalue weighted by Crippen LogP contribution is 2.41. The van der Waals surface area contributed by atoms with Gasteiger partial charge in [0.2, 0.25) is 5.91 Å². The monoisotopic (exact) mass is 1540 g/mol. The summed E-state index contributed by atoms with van der Waals surface area (Å²) in [6, 6.07) is 37.4. The molecule has 0 radical (unpaired) electrons. The number of primary amides is 1. The van der Waals surface area contributed by atoms with Gasteiger partial charge in [-0.1, -0.05) is 55.1 Å². The molecule has 1 atom stereocenters. The van der Waals surface area contributed by atoms with E-state index in [0.29, 0.717) is 53.4 Å². The third kappa shape index (κ3) is 21.2. The lowest BCUT2D eigenvalue weighted by molar-refractivity contribution is -0.123. The summed E-state index contributed by atoms with van der Waals surface area (Å²) in [6.07, 6.45) is 23.7. The van der Waals surface area contributed by atoms with Crippen LogP contribution in [0.25, 0.3) is 66.9 Å². The summed E-state index contributed by atoms with van der Waals surface area (Å²) < 4.78 is 38.6. The summed E-state index contributed by atoms with van der Waals surface area (Å²) in [4.78, 5) is 49.4. The van der Waals surface area contributed by atoms with E-state index in [1.54, 1.807) is 81.5 Å². The van der Waals surface area contributed by atoms with E-state index in [1.807, 2.05) is 138 Å². The number of aromatic nitrogens is 12. The smallest absolute Gasteiger partial charge is 0.221 e. The van der Waals surface area contributed by atoms with Gasteiger partial charge in [0.25, 0.3) is 0 Å². The Morgan fingerprint density at radius 1 is 0.513 bits per heavy atom. The average Bonchev–Trinajstić information content (AvgIpc) is 1.77. The maximum absolute atomic E-state index is 11.7. The molecule has 2 aliphatic rings. The molecular formula is C86H111N19O8. The fourth-order valence-corrected chi connectivity index (χ4v) is 14.1. The number of oxime groups is 1. The second-order valence-electron chi connectivity index (χ2n) is 28.3. The van der Waals surface area contributed by atoms with Crippen LogP contribution in [0.4, 0.5) is 34.1 Å². The molecule has 1 unspecified atom stereocenters. The van der Waals surface area contributed by atoms with Gasteiger partial charge in [0.1, 0.15) is 34.5 Å². The summed E-state index contributed by atoms with van der Waals surface area (Å²) in [6.45, 7) is 12.1. The molecule has 0 bridgehead atoms. The summed E-state index contributed by atoms with van der Waals surface area (Å²) in [5.41, 5.74) is 22.0. The van der Waals surface area contributed by atoms with Gasteiger partial charge in [-0.25, -0.2) is 15.0 Å². The fourth-order valence-electron chi connectivity index (χ4n) is 14.1. The van der Waals surface area contributed by atoms with Gasteiger partial charge in [0.05, 0.1) is 148 Å². The number of likely N-dealkylation sites (tertiary alicyclic amines) is 1. The third-order valence-electron chi connectivity index (χ3n) is 19.9. The highest BCUT2D eigenvalue weighted by molar-refractivity contribution is 5.93. The van der Waals surface area contributed by atoms with Crippen molar-refractivity contribution in [3.63, 3.8) is 0 Å². The van der Waals surface area contributed by atoms with Gasteiger partial charge >= 0.3 is 0 Å². The van der Waals surface area contributed by atoms with E-state index in [0.717, 1.165) is 184 Å². The Morgan fingerprint density at radius 3 is 1.29 bits per heavy atom. The Bertz CT molecular complexity index is 5080. The topological polar surface area (TPSA) is 287 Å². The van der Waals surface area contributed by atoms with Crippen molar-refractivity contribution in [1.29, 1.82) is 0 Å².